The molecular formula is C14H29O. The maximum atomic E-state index is 5.53. The van der Waals surface area contributed by atoms with E-state index < -0.39 is 0 Å². The van der Waals surface area contributed by atoms with Gasteiger partial charge in [-0.05, 0) is 19.3 Å². The number of rotatable bonds is 12. The van der Waals surface area contributed by atoms with E-state index in [4.69, 9.17) is 4.74 Å². The van der Waals surface area contributed by atoms with Gasteiger partial charge < -0.3 is 4.74 Å². The maximum Gasteiger partial charge on any atom is 0.0497 e. The zero-order valence-corrected chi connectivity index (χ0v) is 10.8. The van der Waals surface area contributed by atoms with Crippen molar-refractivity contribution >= 4 is 0 Å². The highest BCUT2D eigenvalue weighted by molar-refractivity contribution is 4.62. The standard InChI is InChI=1S/C14H29O/c1-3-5-7-9-10-12-14-15-13-11-8-6-4-2/h12H,3-11,13-14H2,1-2H3. The molecule has 0 N–H and O–H groups in total. The van der Waals surface area contributed by atoms with Gasteiger partial charge in [-0.3, -0.25) is 0 Å². The van der Waals surface area contributed by atoms with E-state index in [0.717, 1.165) is 13.2 Å². The van der Waals surface area contributed by atoms with Crippen LogP contribution in [0.15, 0.2) is 0 Å². The van der Waals surface area contributed by atoms with Gasteiger partial charge in [-0.15, -0.1) is 0 Å². The molecule has 0 spiro atoms. The average Bonchev–Trinajstić information content (AvgIpc) is 2.26. The Morgan fingerprint density at radius 2 is 1.47 bits per heavy atom. The predicted molar refractivity (Wildman–Crippen MR) is 68.0 cm³/mol. The van der Waals surface area contributed by atoms with E-state index in [2.05, 4.69) is 20.3 Å². The summed E-state index contributed by atoms with van der Waals surface area (Å²) < 4.78 is 5.53. The Morgan fingerprint density at radius 1 is 0.800 bits per heavy atom. The van der Waals surface area contributed by atoms with Gasteiger partial charge in [0, 0.05) is 13.2 Å². The van der Waals surface area contributed by atoms with E-state index in [1.807, 2.05) is 0 Å². The normalized spacial score (nSPS) is 10.8. The Bertz CT molecular complexity index is 89.5. The van der Waals surface area contributed by atoms with E-state index in [0.29, 0.717) is 0 Å². The Kier molecular flexibility index (Phi) is 13.9. The minimum absolute atomic E-state index is 0.859. The zero-order chi connectivity index (χ0) is 11.2. The molecule has 91 valence electrons. The zero-order valence-electron chi connectivity index (χ0n) is 10.8. The second-order valence-corrected chi connectivity index (χ2v) is 4.27. The molecule has 0 saturated carbocycles. The van der Waals surface area contributed by atoms with Crippen LogP contribution in [-0.4, -0.2) is 13.2 Å². The van der Waals surface area contributed by atoms with Crippen molar-refractivity contribution in [1.29, 1.82) is 0 Å². The quantitative estimate of drug-likeness (QED) is 0.425. The molecule has 0 aliphatic carbocycles. The van der Waals surface area contributed by atoms with Gasteiger partial charge in [0.15, 0.2) is 0 Å². The third-order valence-corrected chi connectivity index (χ3v) is 2.64. The first-order valence-electron chi connectivity index (χ1n) is 6.81. The SMILES string of the molecule is CCCCCC[CH]COCCCCCC. The summed E-state index contributed by atoms with van der Waals surface area (Å²) in [5.74, 6) is 0. The van der Waals surface area contributed by atoms with Gasteiger partial charge in [-0.1, -0.05) is 58.8 Å². The minimum atomic E-state index is 0.859. The number of hydrogen-bond donors (Lipinski definition) is 0. The summed E-state index contributed by atoms with van der Waals surface area (Å²) in [5, 5.41) is 0. The Morgan fingerprint density at radius 3 is 2.13 bits per heavy atom. The molecule has 15 heavy (non-hydrogen) atoms. The van der Waals surface area contributed by atoms with Crippen LogP contribution in [0.5, 0.6) is 0 Å². The first-order chi connectivity index (χ1) is 7.41. The van der Waals surface area contributed by atoms with Crippen molar-refractivity contribution in [3.05, 3.63) is 6.42 Å². The van der Waals surface area contributed by atoms with Crippen LogP contribution in [0.25, 0.3) is 0 Å². The molecule has 0 aromatic carbocycles. The lowest BCUT2D eigenvalue weighted by Crippen LogP contribution is -1.97. The first kappa shape index (κ1) is 15.0. The van der Waals surface area contributed by atoms with Gasteiger partial charge in [0.2, 0.25) is 0 Å². The van der Waals surface area contributed by atoms with Crippen molar-refractivity contribution in [2.24, 2.45) is 0 Å². The fourth-order valence-electron chi connectivity index (χ4n) is 1.60. The Balaban J connectivity index is 2.81. The topological polar surface area (TPSA) is 9.23 Å². The molecule has 0 bridgehead atoms. The van der Waals surface area contributed by atoms with E-state index >= 15 is 0 Å². The molecule has 0 rings (SSSR count). The summed E-state index contributed by atoms with van der Waals surface area (Å²) in [4.78, 5) is 0. The third kappa shape index (κ3) is 14.0. The Labute approximate surface area is 96.6 Å². The molecule has 0 aliphatic heterocycles. The molecule has 1 nitrogen and oxygen atoms in total. The molecule has 0 atom stereocenters. The largest absolute Gasteiger partial charge is 0.381 e. The highest BCUT2D eigenvalue weighted by Crippen LogP contribution is 2.04. The molecule has 0 heterocycles. The Hall–Kier alpha value is -0.0400. The molecule has 1 radical (unpaired) electrons. The van der Waals surface area contributed by atoms with E-state index in [1.54, 1.807) is 0 Å². The summed E-state index contributed by atoms with van der Waals surface area (Å²) in [5.41, 5.74) is 0. The fourth-order valence-corrected chi connectivity index (χ4v) is 1.60. The van der Waals surface area contributed by atoms with Gasteiger partial charge >= 0.3 is 0 Å². The average molecular weight is 213 g/mol. The summed E-state index contributed by atoms with van der Waals surface area (Å²) in [6, 6.07) is 0. The van der Waals surface area contributed by atoms with Gasteiger partial charge in [-0.2, -0.15) is 0 Å². The van der Waals surface area contributed by atoms with Gasteiger partial charge in [0.1, 0.15) is 0 Å². The van der Waals surface area contributed by atoms with Crippen LogP contribution in [0.2, 0.25) is 0 Å². The predicted octanol–water partition coefficient (Wildman–Crippen LogP) is 4.76. The first-order valence-corrected chi connectivity index (χ1v) is 6.81. The van der Waals surface area contributed by atoms with E-state index in [-0.39, 0.29) is 0 Å². The molecule has 0 unspecified atom stereocenters. The summed E-state index contributed by atoms with van der Waals surface area (Å²) in [7, 11) is 0. The summed E-state index contributed by atoms with van der Waals surface area (Å²) >= 11 is 0. The molecule has 1 heteroatoms. The minimum Gasteiger partial charge on any atom is -0.381 e. The van der Waals surface area contributed by atoms with Crippen LogP contribution in [0, 0.1) is 6.42 Å². The molecule has 0 aromatic heterocycles. The summed E-state index contributed by atoms with van der Waals surface area (Å²) in [6.07, 6.45) is 14.2. The van der Waals surface area contributed by atoms with Gasteiger partial charge in [0.05, 0.1) is 0 Å². The molecule has 0 aromatic rings. The monoisotopic (exact) mass is 213 g/mol. The number of unbranched alkanes of at least 4 members (excludes halogenated alkanes) is 8. The smallest absolute Gasteiger partial charge is 0.0497 e. The lowest BCUT2D eigenvalue weighted by Gasteiger charge is -2.03. The summed E-state index contributed by atoms with van der Waals surface area (Å²) in [6.45, 7) is 6.30. The molecular weight excluding hydrogens is 184 g/mol. The van der Waals surface area contributed by atoms with Crippen LogP contribution < -0.4 is 0 Å². The van der Waals surface area contributed by atoms with Crippen molar-refractivity contribution < 1.29 is 4.74 Å². The van der Waals surface area contributed by atoms with Gasteiger partial charge in [-0.25, -0.2) is 0 Å². The molecule has 0 aliphatic rings. The molecule has 0 amide bonds. The number of ether oxygens (including phenoxy) is 1. The van der Waals surface area contributed by atoms with Crippen molar-refractivity contribution in [2.75, 3.05) is 13.2 Å². The third-order valence-electron chi connectivity index (χ3n) is 2.64. The van der Waals surface area contributed by atoms with Crippen LogP contribution in [-0.2, 0) is 4.74 Å². The van der Waals surface area contributed by atoms with Gasteiger partial charge in [0.25, 0.3) is 0 Å². The second kappa shape index (κ2) is 14.0. The van der Waals surface area contributed by atoms with Crippen LogP contribution in [0.4, 0.5) is 0 Å². The highest BCUT2D eigenvalue weighted by Gasteiger charge is 1.92. The van der Waals surface area contributed by atoms with Crippen LogP contribution >= 0.6 is 0 Å². The van der Waals surface area contributed by atoms with Crippen LogP contribution in [0.3, 0.4) is 0 Å². The molecule has 0 saturated heterocycles. The maximum absolute atomic E-state index is 5.53. The van der Waals surface area contributed by atoms with E-state index in [9.17, 15) is 0 Å². The van der Waals surface area contributed by atoms with Crippen molar-refractivity contribution in [2.45, 2.75) is 71.6 Å². The van der Waals surface area contributed by atoms with Crippen molar-refractivity contribution in [3.63, 3.8) is 0 Å². The van der Waals surface area contributed by atoms with E-state index in [1.165, 1.54) is 57.8 Å². The van der Waals surface area contributed by atoms with Crippen molar-refractivity contribution in [1.82, 2.24) is 0 Å². The highest BCUT2D eigenvalue weighted by atomic mass is 16.5. The van der Waals surface area contributed by atoms with Crippen LogP contribution in [0.1, 0.15) is 71.6 Å². The lowest BCUT2D eigenvalue weighted by molar-refractivity contribution is 0.147. The second-order valence-electron chi connectivity index (χ2n) is 4.27. The fraction of sp³-hybridized carbons (Fsp3) is 0.929. The molecule has 0 fully saturated rings. The number of hydrogen-bond acceptors (Lipinski definition) is 1. The van der Waals surface area contributed by atoms with Crippen molar-refractivity contribution in [3.8, 4) is 0 Å². The lowest BCUT2D eigenvalue weighted by atomic mass is 10.1.